The molecule has 70 valence electrons. The third-order valence-corrected chi connectivity index (χ3v) is 1.79. The number of carbonyl (C=O) groups excluding carboxylic acids is 1. The number of ether oxygens (including phenoxy) is 1. The fourth-order valence-electron chi connectivity index (χ4n) is 0.700. The highest BCUT2D eigenvalue weighted by Crippen LogP contribution is 2.16. The molecule has 1 aromatic carbocycles. The number of hydrogen-bond acceptors (Lipinski definition) is 2. The number of halogens is 2. The zero-order valence-electron chi connectivity index (χ0n) is 6.96. The first-order valence-corrected chi connectivity index (χ1v) is 4.52. The van der Waals surface area contributed by atoms with Gasteiger partial charge in [-0.3, -0.25) is 4.79 Å². The molecule has 13 heavy (non-hydrogen) atoms. The maximum atomic E-state index is 11.0. The van der Waals surface area contributed by atoms with Crippen molar-refractivity contribution in [3.63, 3.8) is 0 Å². The van der Waals surface area contributed by atoms with Crippen molar-refractivity contribution >= 4 is 29.2 Å². The highest BCUT2D eigenvalue weighted by molar-refractivity contribution is 6.30. The number of carbonyl (C=O) groups is 1. The summed E-state index contributed by atoms with van der Waals surface area (Å²) in [6.45, 7) is 1.56. The Kier molecular flexibility index (Phi) is 3.58. The van der Waals surface area contributed by atoms with Crippen LogP contribution in [0.25, 0.3) is 0 Å². The van der Waals surface area contributed by atoms with E-state index in [1.54, 1.807) is 31.2 Å². The second-order valence-corrected chi connectivity index (χ2v) is 3.58. The minimum atomic E-state index is -0.643. The van der Waals surface area contributed by atoms with Gasteiger partial charge >= 0.3 is 5.97 Å². The van der Waals surface area contributed by atoms with E-state index in [-0.39, 0.29) is 0 Å². The van der Waals surface area contributed by atoms with Crippen LogP contribution < -0.4 is 4.74 Å². The second-order valence-electron chi connectivity index (χ2n) is 2.49. The normalized spacial score (nSPS) is 12.2. The first-order chi connectivity index (χ1) is 6.09. The first kappa shape index (κ1) is 10.4. The lowest BCUT2D eigenvalue weighted by Crippen LogP contribution is -2.17. The summed E-state index contributed by atoms with van der Waals surface area (Å²) < 4.78 is 4.90. The summed E-state index contributed by atoms with van der Waals surface area (Å²) in [5, 5.41) is -0.0469. The molecule has 0 aliphatic rings. The average molecular weight is 219 g/mol. The molecule has 0 spiro atoms. The van der Waals surface area contributed by atoms with E-state index in [0.29, 0.717) is 10.8 Å². The molecule has 0 fully saturated rings. The second kappa shape index (κ2) is 4.49. The van der Waals surface area contributed by atoms with Gasteiger partial charge in [-0.2, -0.15) is 0 Å². The first-order valence-electron chi connectivity index (χ1n) is 3.71. The lowest BCUT2D eigenvalue weighted by Gasteiger charge is -2.04. The quantitative estimate of drug-likeness (QED) is 0.434. The molecule has 0 N–H and O–H groups in total. The van der Waals surface area contributed by atoms with Crippen LogP contribution >= 0.6 is 23.2 Å². The van der Waals surface area contributed by atoms with Crippen LogP contribution in [-0.2, 0) is 4.79 Å². The van der Waals surface area contributed by atoms with Crippen molar-refractivity contribution in [1.29, 1.82) is 0 Å². The van der Waals surface area contributed by atoms with E-state index in [9.17, 15) is 4.79 Å². The summed E-state index contributed by atoms with van der Waals surface area (Å²) >= 11 is 11.2. The highest BCUT2D eigenvalue weighted by Gasteiger charge is 2.11. The smallest absolute Gasteiger partial charge is 0.329 e. The van der Waals surface area contributed by atoms with Crippen molar-refractivity contribution in [2.24, 2.45) is 0 Å². The molecule has 0 saturated carbocycles. The molecule has 1 rings (SSSR count). The Bertz CT molecular complexity index is 293. The molecule has 1 atom stereocenters. The van der Waals surface area contributed by atoms with Crippen molar-refractivity contribution in [2.45, 2.75) is 12.3 Å². The van der Waals surface area contributed by atoms with Crippen molar-refractivity contribution in [1.82, 2.24) is 0 Å². The van der Waals surface area contributed by atoms with Gasteiger partial charge in [0.1, 0.15) is 11.1 Å². The standard InChI is InChI=1S/C9H8Cl2O2/c1-6(10)9(12)13-8-4-2-7(11)3-5-8/h2-6H,1H3/t6-/m1/s1. The number of esters is 1. The zero-order valence-corrected chi connectivity index (χ0v) is 8.47. The zero-order chi connectivity index (χ0) is 9.84. The van der Waals surface area contributed by atoms with Crippen LogP contribution in [0.3, 0.4) is 0 Å². The Balaban J connectivity index is 2.65. The van der Waals surface area contributed by atoms with E-state index in [1.165, 1.54) is 0 Å². The van der Waals surface area contributed by atoms with E-state index in [2.05, 4.69) is 0 Å². The maximum absolute atomic E-state index is 11.0. The summed E-state index contributed by atoms with van der Waals surface area (Å²) in [4.78, 5) is 11.0. The molecule has 0 unspecified atom stereocenters. The molecule has 0 bridgehead atoms. The molecule has 4 heteroatoms. The minimum absolute atomic E-state index is 0.446. The van der Waals surface area contributed by atoms with E-state index in [4.69, 9.17) is 27.9 Å². The van der Waals surface area contributed by atoms with Crippen LogP contribution in [0.2, 0.25) is 5.02 Å². The van der Waals surface area contributed by atoms with Crippen molar-refractivity contribution in [3.05, 3.63) is 29.3 Å². The molecule has 0 aliphatic heterocycles. The number of hydrogen-bond donors (Lipinski definition) is 0. The van der Waals surface area contributed by atoms with E-state index < -0.39 is 11.3 Å². The predicted molar refractivity (Wildman–Crippen MR) is 52.4 cm³/mol. The van der Waals surface area contributed by atoms with Crippen LogP contribution in [0.15, 0.2) is 24.3 Å². The molecule has 2 nitrogen and oxygen atoms in total. The van der Waals surface area contributed by atoms with Gasteiger partial charge < -0.3 is 4.74 Å². The van der Waals surface area contributed by atoms with Gasteiger partial charge in [0.25, 0.3) is 0 Å². The summed E-state index contributed by atoms with van der Waals surface area (Å²) in [6, 6.07) is 6.51. The van der Waals surface area contributed by atoms with Gasteiger partial charge in [-0.15, -0.1) is 11.6 Å². The van der Waals surface area contributed by atoms with Crippen LogP contribution in [0.4, 0.5) is 0 Å². The van der Waals surface area contributed by atoms with E-state index in [0.717, 1.165) is 0 Å². The topological polar surface area (TPSA) is 26.3 Å². The van der Waals surface area contributed by atoms with Crippen LogP contribution in [0.1, 0.15) is 6.92 Å². The third-order valence-electron chi connectivity index (χ3n) is 1.36. The Morgan fingerprint density at radius 3 is 2.38 bits per heavy atom. The number of alkyl halides is 1. The maximum Gasteiger partial charge on any atom is 0.329 e. The Morgan fingerprint density at radius 1 is 1.38 bits per heavy atom. The van der Waals surface area contributed by atoms with Crippen molar-refractivity contribution < 1.29 is 9.53 Å². The molecule has 0 amide bonds. The molecule has 0 heterocycles. The van der Waals surface area contributed by atoms with Gasteiger partial charge in [-0.1, -0.05) is 11.6 Å². The van der Waals surface area contributed by atoms with Crippen LogP contribution in [0.5, 0.6) is 5.75 Å². The van der Waals surface area contributed by atoms with Gasteiger partial charge in [0, 0.05) is 5.02 Å². The van der Waals surface area contributed by atoms with Gasteiger partial charge in [0.05, 0.1) is 0 Å². The Labute approximate surface area is 86.4 Å². The molecular weight excluding hydrogens is 211 g/mol. The van der Waals surface area contributed by atoms with E-state index >= 15 is 0 Å². The minimum Gasteiger partial charge on any atom is -0.425 e. The largest absolute Gasteiger partial charge is 0.425 e. The number of benzene rings is 1. The fraction of sp³-hybridized carbons (Fsp3) is 0.222. The SMILES string of the molecule is C[C@@H](Cl)C(=O)Oc1ccc(Cl)cc1. The lowest BCUT2D eigenvalue weighted by atomic mass is 10.3. The summed E-state index contributed by atoms with van der Waals surface area (Å²) in [7, 11) is 0. The van der Waals surface area contributed by atoms with Crippen LogP contribution in [0, 0.1) is 0 Å². The summed E-state index contributed by atoms with van der Waals surface area (Å²) in [5.41, 5.74) is 0. The predicted octanol–water partition coefficient (Wildman–Crippen LogP) is 2.87. The van der Waals surface area contributed by atoms with Crippen molar-refractivity contribution in [2.75, 3.05) is 0 Å². The molecule has 0 saturated heterocycles. The molecule has 0 aliphatic carbocycles. The molecule has 1 aromatic rings. The highest BCUT2D eigenvalue weighted by atomic mass is 35.5. The van der Waals surface area contributed by atoms with Crippen molar-refractivity contribution in [3.8, 4) is 5.75 Å². The monoisotopic (exact) mass is 218 g/mol. The van der Waals surface area contributed by atoms with Gasteiger partial charge in [-0.05, 0) is 31.2 Å². The van der Waals surface area contributed by atoms with E-state index in [1.807, 2.05) is 0 Å². The Morgan fingerprint density at radius 2 is 1.92 bits per heavy atom. The van der Waals surface area contributed by atoms with Gasteiger partial charge in [0.15, 0.2) is 0 Å². The number of rotatable bonds is 2. The lowest BCUT2D eigenvalue weighted by molar-refractivity contribution is -0.133. The van der Waals surface area contributed by atoms with Gasteiger partial charge in [0.2, 0.25) is 0 Å². The summed E-state index contributed by atoms with van der Waals surface area (Å²) in [6.07, 6.45) is 0. The fourth-order valence-corrected chi connectivity index (χ4v) is 0.871. The molecule has 0 aromatic heterocycles. The van der Waals surface area contributed by atoms with Crippen LogP contribution in [-0.4, -0.2) is 11.3 Å². The summed E-state index contributed by atoms with van der Waals surface area (Å²) in [5.74, 6) is -0.0223. The third kappa shape index (κ3) is 3.25. The average Bonchev–Trinajstić information content (AvgIpc) is 2.08. The molecule has 0 radical (unpaired) electrons. The van der Waals surface area contributed by atoms with Gasteiger partial charge in [-0.25, -0.2) is 0 Å². The molecular formula is C9H8Cl2O2. The Hall–Kier alpha value is -0.730.